The molecular weight excluding hydrogens is 560 g/mol. The number of carbonyl (C=O) groups is 2. The van der Waals surface area contributed by atoms with E-state index >= 15 is 0 Å². The van der Waals surface area contributed by atoms with Gasteiger partial charge in [0, 0.05) is 43.1 Å². The molecule has 3 aromatic carbocycles. The highest BCUT2D eigenvalue weighted by Crippen LogP contribution is 2.39. The SMILES string of the molecule is Nc1ccccc1NC(=O)CCCC(=O)Nc1cccc([C@H]2O[C@@H](CN3CCC[C@H]3CO)C[C@@H](c3ccc(CO)cc3)O2)c1. The molecule has 0 aliphatic carbocycles. The molecule has 0 aromatic heterocycles. The van der Waals surface area contributed by atoms with Crippen LogP contribution >= 0.6 is 0 Å². The van der Waals surface area contributed by atoms with Crippen LogP contribution in [0.25, 0.3) is 0 Å². The number of ether oxygens (including phenoxy) is 2. The Morgan fingerprint density at radius 3 is 2.43 bits per heavy atom. The minimum atomic E-state index is -0.655. The van der Waals surface area contributed by atoms with E-state index in [0.717, 1.165) is 36.1 Å². The second-order valence-electron chi connectivity index (χ2n) is 11.5. The van der Waals surface area contributed by atoms with Crippen LogP contribution in [0, 0.1) is 0 Å². The Kier molecular flexibility index (Phi) is 11.0. The fourth-order valence-electron chi connectivity index (χ4n) is 5.86. The normalized spacial score (nSPS) is 22.0. The van der Waals surface area contributed by atoms with Crippen LogP contribution in [-0.4, -0.2) is 58.8 Å². The second-order valence-corrected chi connectivity index (χ2v) is 11.5. The van der Waals surface area contributed by atoms with Crippen molar-refractivity contribution in [3.05, 3.63) is 89.5 Å². The summed E-state index contributed by atoms with van der Waals surface area (Å²) in [7, 11) is 0. The molecule has 0 radical (unpaired) electrons. The highest BCUT2D eigenvalue weighted by Gasteiger charge is 2.35. The molecule has 2 heterocycles. The smallest absolute Gasteiger partial charge is 0.224 e. The molecule has 6 N–H and O–H groups in total. The molecule has 0 unspecified atom stereocenters. The zero-order chi connectivity index (χ0) is 30.9. The molecule has 5 rings (SSSR count). The first-order chi connectivity index (χ1) is 21.4. The summed E-state index contributed by atoms with van der Waals surface area (Å²) < 4.78 is 13.0. The topological polar surface area (TPSA) is 146 Å². The highest BCUT2D eigenvalue weighted by atomic mass is 16.7. The van der Waals surface area contributed by atoms with Crippen molar-refractivity contribution < 1.29 is 29.3 Å². The first kappa shape index (κ1) is 31.6. The minimum absolute atomic E-state index is 0.0216. The Hall–Kier alpha value is -3.80. The molecule has 10 nitrogen and oxygen atoms in total. The number of rotatable bonds is 12. The number of nitrogens with one attached hydrogen (secondary N) is 2. The van der Waals surface area contributed by atoms with E-state index in [9.17, 15) is 19.8 Å². The van der Waals surface area contributed by atoms with E-state index in [-0.39, 0.29) is 56.1 Å². The van der Waals surface area contributed by atoms with Gasteiger partial charge in [0.05, 0.1) is 36.8 Å². The van der Waals surface area contributed by atoms with Crippen molar-refractivity contribution in [3.8, 4) is 0 Å². The number of nitrogen functional groups attached to an aromatic ring is 1. The maximum absolute atomic E-state index is 12.7. The van der Waals surface area contributed by atoms with Gasteiger partial charge in [-0.25, -0.2) is 0 Å². The number of anilines is 3. The Morgan fingerprint density at radius 2 is 1.68 bits per heavy atom. The third kappa shape index (κ3) is 8.43. The number of hydrogen-bond donors (Lipinski definition) is 5. The lowest BCUT2D eigenvalue weighted by atomic mass is 9.99. The molecule has 2 aliphatic rings. The van der Waals surface area contributed by atoms with E-state index < -0.39 is 6.29 Å². The predicted octanol–water partition coefficient (Wildman–Crippen LogP) is 4.51. The molecule has 2 aliphatic heterocycles. The van der Waals surface area contributed by atoms with Crippen LogP contribution in [0.5, 0.6) is 0 Å². The van der Waals surface area contributed by atoms with Gasteiger partial charge in [0.15, 0.2) is 6.29 Å². The minimum Gasteiger partial charge on any atom is -0.397 e. The average Bonchev–Trinajstić information content (AvgIpc) is 3.49. The van der Waals surface area contributed by atoms with Gasteiger partial charge in [0.1, 0.15) is 0 Å². The molecule has 2 amide bonds. The molecule has 10 heteroatoms. The number of amides is 2. The number of carbonyl (C=O) groups excluding carboxylic acids is 2. The summed E-state index contributed by atoms with van der Waals surface area (Å²) in [4.78, 5) is 27.3. The van der Waals surface area contributed by atoms with Gasteiger partial charge in [-0.3, -0.25) is 14.5 Å². The van der Waals surface area contributed by atoms with Crippen LogP contribution in [0.4, 0.5) is 17.1 Å². The molecule has 2 fully saturated rings. The zero-order valence-electron chi connectivity index (χ0n) is 24.9. The Labute approximate surface area is 258 Å². The summed E-state index contributed by atoms with van der Waals surface area (Å²) in [6.07, 6.45) is 2.46. The third-order valence-corrected chi connectivity index (χ3v) is 8.25. The van der Waals surface area contributed by atoms with Gasteiger partial charge < -0.3 is 36.1 Å². The summed E-state index contributed by atoms with van der Waals surface area (Å²) in [5.41, 5.74) is 10.2. The Bertz CT molecular complexity index is 1400. The van der Waals surface area contributed by atoms with Gasteiger partial charge in [-0.1, -0.05) is 48.5 Å². The van der Waals surface area contributed by atoms with Crippen LogP contribution in [0.15, 0.2) is 72.8 Å². The monoisotopic (exact) mass is 602 g/mol. The van der Waals surface area contributed by atoms with E-state index in [1.54, 1.807) is 24.3 Å². The van der Waals surface area contributed by atoms with Crippen molar-refractivity contribution >= 4 is 28.9 Å². The number of aliphatic hydroxyl groups excluding tert-OH is 2. The molecule has 0 saturated carbocycles. The van der Waals surface area contributed by atoms with Gasteiger partial charge in [-0.05, 0) is 61.2 Å². The molecule has 2 saturated heterocycles. The first-order valence-corrected chi connectivity index (χ1v) is 15.3. The van der Waals surface area contributed by atoms with E-state index in [0.29, 0.717) is 36.4 Å². The van der Waals surface area contributed by atoms with Crippen molar-refractivity contribution in [2.45, 2.75) is 69.7 Å². The molecular formula is C34H42N4O6. The predicted molar refractivity (Wildman–Crippen MR) is 169 cm³/mol. The fourth-order valence-corrected chi connectivity index (χ4v) is 5.86. The van der Waals surface area contributed by atoms with Gasteiger partial charge in [-0.15, -0.1) is 0 Å². The second kappa shape index (κ2) is 15.3. The van der Waals surface area contributed by atoms with Crippen LogP contribution in [0.1, 0.15) is 67.6 Å². The van der Waals surface area contributed by atoms with E-state index in [2.05, 4.69) is 15.5 Å². The number of hydrogen-bond acceptors (Lipinski definition) is 8. The molecule has 4 atom stereocenters. The summed E-state index contributed by atoms with van der Waals surface area (Å²) in [5.74, 6) is -0.387. The van der Waals surface area contributed by atoms with Gasteiger partial charge in [-0.2, -0.15) is 0 Å². The quantitative estimate of drug-likeness (QED) is 0.190. The standard InChI is InChI=1S/C34H42N4O6/c35-29-9-1-2-10-30(29)37-33(42)12-4-11-32(41)36-26-7-3-6-25(18-26)34-43-28(20-38-17-5-8-27(38)22-40)19-31(44-34)24-15-13-23(21-39)14-16-24/h1-3,6-7,9-10,13-16,18,27-28,31,34,39-40H,4-5,8,11-12,17,19-22,35H2,(H,36,41)(H,37,42)/t27-,28+,31-,34-/m0/s1. The van der Waals surface area contributed by atoms with Crippen LogP contribution in [0.3, 0.4) is 0 Å². The van der Waals surface area contributed by atoms with E-state index in [1.807, 2.05) is 48.5 Å². The summed E-state index contributed by atoms with van der Waals surface area (Å²) >= 11 is 0. The summed E-state index contributed by atoms with van der Waals surface area (Å²) in [6.45, 7) is 1.73. The van der Waals surface area contributed by atoms with Crippen LogP contribution in [0.2, 0.25) is 0 Å². The molecule has 0 bridgehead atoms. The number of likely N-dealkylation sites (tertiary alicyclic amines) is 1. The van der Waals surface area contributed by atoms with Crippen molar-refractivity contribution in [1.29, 1.82) is 0 Å². The third-order valence-electron chi connectivity index (χ3n) is 8.25. The van der Waals surface area contributed by atoms with Crippen LogP contribution < -0.4 is 16.4 Å². The van der Waals surface area contributed by atoms with Crippen molar-refractivity contribution in [2.75, 3.05) is 36.1 Å². The lowest BCUT2D eigenvalue weighted by molar-refractivity contribution is -0.253. The molecule has 0 spiro atoms. The van der Waals surface area contributed by atoms with E-state index in [1.165, 1.54) is 0 Å². The lowest BCUT2D eigenvalue weighted by Crippen LogP contribution is -2.42. The Morgan fingerprint density at radius 1 is 0.909 bits per heavy atom. The largest absolute Gasteiger partial charge is 0.397 e. The van der Waals surface area contributed by atoms with Crippen molar-refractivity contribution in [1.82, 2.24) is 4.90 Å². The number of nitrogens with two attached hydrogens (primary N) is 1. The first-order valence-electron chi connectivity index (χ1n) is 15.3. The summed E-state index contributed by atoms with van der Waals surface area (Å²) in [6, 6.07) is 22.4. The molecule has 3 aromatic rings. The zero-order valence-corrected chi connectivity index (χ0v) is 24.9. The van der Waals surface area contributed by atoms with E-state index in [4.69, 9.17) is 15.2 Å². The number of para-hydroxylation sites is 2. The lowest BCUT2D eigenvalue weighted by Gasteiger charge is -2.38. The molecule has 44 heavy (non-hydrogen) atoms. The fraction of sp³-hybridized carbons (Fsp3) is 0.412. The van der Waals surface area contributed by atoms with Crippen LogP contribution in [-0.2, 0) is 25.7 Å². The highest BCUT2D eigenvalue weighted by molar-refractivity contribution is 5.94. The maximum Gasteiger partial charge on any atom is 0.224 e. The molecule has 234 valence electrons. The number of aliphatic hydroxyl groups is 2. The average molecular weight is 603 g/mol. The van der Waals surface area contributed by atoms with Gasteiger partial charge >= 0.3 is 0 Å². The van der Waals surface area contributed by atoms with Gasteiger partial charge in [0.2, 0.25) is 11.8 Å². The van der Waals surface area contributed by atoms with Crippen molar-refractivity contribution in [3.63, 3.8) is 0 Å². The number of benzene rings is 3. The van der Waals surface area contributed by atoms with Crippen molar-refractivity contribution in [2.24, 2.45) is 0 Å². The Balaban J connectivity index is 1.21. The van der Waals surface area contributed by atoms with Gasteiger partial charge in [0.25, 0.3) is 0 Å². The number of nitrogens with zero attached hydrogens (tertiary/aromatic N) is 1. The maximum atomic E-state index is 12.7. The summed E-state index contributed by atoms with van der Waals surface area (Å²) in [5, 5.41) is 25.0.